The summed E-state index contributed by atoms with van der Waals surface area (Å²) in [6.45, 7) is 2.57. The van der Waals surface area contributed by atoms with Crippen LogP contribution in [0.1, 0.15) is 11.1 Å². The number of methoxy groups -OCH3 is 2. The van der Waals surface area contributed by atoms with Gasteiger partial charge < -0.3 is 24.6 Å². The van der Waals surface area contributed by atoms with Gasteiger partial charge in [0.15, 0.2) is 11.5 Å². The summed E-state index contributed by atoms with van der Waals surface area (Å²) in [7, 11) is 3.23. The molecule has 1 fully saturated rings. The van der Waals surface area contributed by atoms with Crippen LogP contribution < -0.4 is 24.6 Å². The van der Waals surface area contributed by atoms with Gasteiger partial charge in [0.05, 0.1) is 31.9 Å². The molecule has 1 N–H and O–H groups in total. The summed E-state index contributed by atoms with van der Waals surface area (Å²) in [4.78, 5) is 17.9. The normalized spacial score (nSPS) is 18.8. The molecule has 2 atom stereocenters. The molecule has 0 spiro atoms. The number of nitrogens with one attached hydrogen (secondary N) is 1. The van der Waals surface area contributed by atoms with Gasteiger partial charge >= 0.3 is 0 Å². The van der Waals surface area contributed by atoms with Crippen molar-refractivity contribution in [3.8, 4) is 11.5 Å². The molecule has 0 aliphatic carbocycles. The van der Waals surface area contributed by atoms with E-state index in [4.69, 9.17) is 9.47 Å². The van der Waals surface area contributed by atoms with Crippen LogP contribution in [-0.4, -0.2) is 52.3 Å². The van der Waals surface area contributed by atoms with Gasteiger partial charge in [-0.3, -0.25) is 4.79 Å². The molecule has 0 aromatic heterocycles. The lowest BCUT2D eigenvalue weighted by molar-refractivity contribution is -0.125. The van der Waals surface area contributed by atoms with Crippen LogP contribution in [0.3, 0.4) is 0 Å². The van der Waals surface area contributed by atoms with Crippen molar-refractivity contribution in [2.45, 2.75) is 18.9 Å². The van der Waals surface area contributed by atoms with E-state index < -0.39 is 0 Å². The van der Waals surface area contributed by atoms with Gasteiger partial charge in [0.2, 0.25) is 5.91 Å². The monoisotopic (exact) mass is 489 g/mol. The lowest BCUT2D eigenvalue weighted by Crippen LogP contribution is -2.61. The number of nitrogens with zero attached hydrogens (tertiary/aromatic N) is 2. The van der Waals surface area contributed by atoms with Crippen molar-refractivity contribution in [3.05, 3.63) is 83.7 Å². The number of piperazine rings is 1. The Balaban J connectivity index is 1.32. The van der Waals surface area contributed by atoms with Gasteiger partial charge in [0.25, 0.3) is 0 Å². The predicted molar refractivity (Wildman–Crippen MR) is 140 cm³/mol. The Kier molecular flexibility index (Phi) is 6.98. The molecule has 1 saturated heterocycles. The first kappa shape index (κ1) is 24.0. The zero-order valence-corrected chi connectivity index (χ0v) is 20.7. The number of fused-ring (bicyclic) bond motifs is 3. The van der Waals surface area contributed by atoms with Crippen molar-refractivity contribution >= 4 is 17.3 Å². The first-order valence-electron chi connectivity index (χ1n) is 12.4. The molecular weight excluding hydrogens is 457 g/mol. The number of anilines is 2. The third-order valence-corrected chi connectivity index (χ3v) is 7.31. The molecule has 36 heavy (non-hydrogen) atoms. The van der Waals surface area contributed by atoms with Crippen LogP contribution >= 0.6 is 0 Å². The molecule has 6 nitrogen and oxygen atoms in total. The molecule has 2 aliphatic rings. The number of hydrogen-bond donors (Lipinski definition) is 1. The Morgan fingerprint density at radius 1 is 0.972 bits per heavy atom. The number of para-hydroxylation sites is 2. The van der Waals surface area contributed by atoms with Crippen LogP contribution in [0.25, 0.3) is 0 Å². The number of carbonyl (C=O) groups is 1. The highest BCUT2D eigenvalue weighted by Gasteiger charge is 2.41. The lowest BCUT2D eigenvalue weighted by atomic mass is 9.83. The van der Waals surface area contributed by atoms with Crippen molar-refractivity contribution in [1.29, 1.82) is 0 Å². The van der Waals surface area contributed by atoms with Crippen LogP contribution in [0, 0.1) is 11.7 Å². The smallest absolute Gasteiger partial charge is 0.225 e. The fourth-order valence-corrected chi connectivity index (χ4v) is 5.48. The minimum atomic E-state index is -0.224. The fraction of sp³-hybridized carbons (Fsp3) is 0.345. The molecule has 3 aromatic rings. The van der Waals surface area contributed by atoms with Gasteiger partial charge in [0.1, 0.15) is 5.82 Å². The average molecular weight is 490 g/mol. The number of rotatable bonds is 7. The molecule has 5 rings (SSSR count). The predicted octanol–water partition coefficient (Wildman–Crippen LogP) is 4.07. The summed E-state index contributed by atoms with van der Waals surface area (Å²) in [5, 5.41) is 3.17. The molecule has 2 aliphatic heterocycles. The topological polar surface area (TPSA) is 54.0 Å². The van der Waals surface area contributed by atoms with Crippen molar-refractivity contribution in [1.82, 2.24) is 5.32 Å². The number of amides is 1. The molecule has 2 heterocycles. The van der Waals surface area contributed by atoms with E-state index >= 15 is 0 Å². The van der Waals surface area contributed by atoms with Crippen molar-refractivity contribution in [3.63, 3.8) is 0 Å². The molecule has 0 radical (unpaired) electrons. The van der Waals surface area contributed by atoms with Crippen molar-refractivity contribution in [2.75, 3.05) is 50.2 Å². The molecular formula is C29H32FN3O3. The van der Waals surface area contributed by atoms with Gasteiger partial charge in [-0.25, -0.2) is 4.39 Å². The van der Waals surface area contributed by atoms with Gasteiger partial charge in [-0.1, -0.05) is 36.4 Å². The third kappa shape index (κ3) is 4.70. The van der Waals surface area contributed by atoms with Gasteiger partial charge in [0, 0.05) is 31.9 Å². The Morgan fingerprint density at radius 2 is 1.72 bits per heavy atom. The summed E-state index contributed by atoms with van der Waals surface area (Å²) in [6, 6.07) is 21.0. The highest BCUT2D eigenvalue weighted by molar-refractivity contribution is 5.82. The quantitative estimate of drug-likeness (QED) is 0.542. The second-order valence-corrected chi connectivity index (χ2v) is 9.33. The number of halogens is 1. The van der Waals surface area contributed by atoms with E-state index in [0.29, 0.717) is 49.7 Å². The molecule has 0 unspecified atom stereocenters. The van der Waals surface area contributed by atoms with Crippen LogP contribution in [-0.2, 0) is 17.6 Å². The SMILES string of the molecule is COc1ccc(CCNC(=O)[C@H]2Cc3ccccc3N3CCN(c4ccccc4F)C[C@@H]23)cc1OC. The minimum Gasteiger partial charge on any atom is -0.493 e. The van der Waals surface area contributed by atoms with E-state index in [1.807, 2.05) is 42.5 Å². The first-order chi connectivity index (χ1) is 17.6. The fourth-order valence-electron chi connectivity index (χ4n) is 5.48. The van der Waals surface area contributed by atoms with E-state index in [-0.39, 0.29) is 23.7 Å². The largest absolute Gasteiger partial charge is 0.493 e. The van der Waals surface area contributed by atoms with Crippen molar-refractivity contribution in [2.24, 2.45) is 5.92 Å². The summed E-state index contributed by atoms with van der Waals surface area (Å²) in [6.07, 6.45) is 1.36. The summed E-state index contributed by atoms with van der Waals surface area (Å²) < 4.78 is 25.3. The second kappa shape index (κ2) is 10.5. The van der Waals surface area contributed by atoms with Gasteiger partial charge in [-0.05, 0) is 54.3 Å². The summed E-state index contributed by atoms with van der Waals surface area (Å²) in [5.74, 6) is 0.951. The molecule has 1 amide bonds. The molecule has 3 aromatic carbocycles. The zero-order chi connectivity index (χ0) is 25.1. The number of benzene rings is 3. The van der Waals surface area contributed by atoms with Crippen LogP contribution in [0.4, 0.5) is 15.8 Å². The van der Waals surface area contributed by atoms with Crippen LogP contribution in [0.5, 0.6) is 11.5 Å². The van der Waals surface area contributed by atoms with E-state index in [1.54, 1.807) is 20.3 Å². The maximum atomic E-state index is 14.6. The second-order valence-electron chi connectivity index (χ2n) is 9.33. The minimum absolute atomic E-state index is 0.0330. The Labute approximate surface area is 211 Å². The molecule has 0 bridgehead atoms. The number of ether oxygens (including phenoxy) is 2. The highest BCUT2D eigenvalue weighted by atomic mass is 19.1. The Hall–Kier alpha value is -3.74. The Bertz CT molecular complexity index is 1230. The van der Waals surface area contributed by atoms with E-state index in [2.05, 4.69) is 27.2 Å². The summed E-state index contributed by atoms with van der Waals surface area (Å²) in [5.41, 5.74) is 4.04. The number of carbonyl (C=O) groups excluding carboxylic acids is 1. The van der Waals surface area contributed by atoms with Crippen LogP contribution in [0.2, 0.25) is 0 Å². The maximum Gasteiger partial charge on any atom is 0.225 e. The zero-order valence-electron chi connectivity index (χ0n) is 20.7. The van der Waals surface area contributed by atoms with E-state index in [1.165, 1.54) is 17.3 Å². The first-order valence-corrected chi connectivity index (χ1v) is 12.4. The average Bonchev–Trinajstić information content (AvgIpc) is 2.92. The molecule has 188 valence electrons. The van der Waals surface area contributed by atoms with Crippen LogP contribution in [0.15, 0.2) is 66.7 Å². The number of hydrogen-bond acceptors (Lipinski definition) is 5. The lowest BCUT2D eigenvalue weighted by Gasteiger charge is -2.49. The highest BCUT2D eigenvalue weighted by Crippen LogP contribution is 2.37. The molecule has 7 heteroatoms. The standard InChI is InChI=1S/C29H32FN3O3/c1-35-27-12-11-20(17-28(27)36-2)13-14-31-29(34)22-18-21-7-3-5-9-24(21)33-16-15-32(19-26(22)33)25-10-6-4-8-23(25)30/h3-12,17,22,26H,13-16,18-19H2,1-2H3,(H,31,34)/t22-,26-/m0/s1. The maximum absolute atomic E-state index is 14.6. The molecule has 0 saturated carbocycles. The van der Waals surface area contributed by atoms with Gasteiger partial charge in [-0.2, -0.15) is 0 Å². The van der Waals surface area contributed by atoms with Gasteiger partial charge in [-0.15, -0.1) is 0 Å². The summed E-state index contributed by atoms with van der Waals surface area (Å²) >= 11 is 0. The Morgan fingerprint density at radius 3 is 2.50 bits per heavy atom. The van der Waals surface area contributed by atoms with E-state index in [0.717, 1.165) is 12.1 Å². The third-order valence-electron chi connectivity index (χ3n) is 7.31. The van der Waals surface area contributed by atoms with Crippen molar-refractivity contribution < 1.29 is 18.7 Å². The van der Waals surface area contributed by atoms with E-state index in [9.17, 15) is 9.18 Å².